The molecule has 0 atom stereocenters. The highest BCUT2D eigenvalue weighted by molar-refractivity contribution is 6.04. The van der Waals surface area contributed by atoms with Crippen molar-refractivity contribution >= 4 is 16.8 Å². The number of hydrogen-bond acceptors (Lipinski definition) is 2. The normalized spacial score (nSPS) is 34.2. The SMILES string of the molecule is CCc1c(C(=O)C23CC4CC(CC(C4)C2)C3)oc2ccc(F)cc12. The average Bonchev–Trinajstić information content (AvgIpc) is 2.90. The molecule has 4 aliphatic rings. The molecule has 1 aromatic heterocycles. The standard InChI is InChI=1S/C21H23FO2/c1-2-16-17-8-15(22)3-4-18(17)24-19(16)20(23)21-9-12-5-13(10-21)7-14(6-12)11-21/h3-4,8,12-14H,2,5-7,9-11H2,1H3. The number of ketones is 1. The summed E-state index contributed by atoms with van der Waals surface area (Å²) in [6.45, 7) is 2.02. The lowest BCUT2D eigenvalue weighted by atomic mass is 9.48. The van der Waals surface area contributed by atoms with Gasteiger partial charge < -0.3 is 4.42 Å². The van der Waals surface area contributed by atoms with Crippen LogP contribution in [-0.2, 0) is 6.42 Å². The van der Waals surface area contributed by atoms with E-state index in [2.05, 4.69) is 0 Å². The summed E-state index contributed by atoms with van der Waals surface area (Å²) in [5.41, 5.74) is 1.33. The van der Waals surface area contributed by atoms with Gasteiger partial charge in [-0.2, -0.15) is 0 Å². The van der Waals surface area contributed by atoms with E-state index in [1.54, 1.807) is 6.07 Å². The van der Waals surface area contributed by atoms with Gasteiger partial charge >= 0.3 is 0 Å². The molecule has 4 bridgehead atoms. The monoisotopic (exact) mass is 326 g/mol. The molecule has 1 aromatic carbocycles. The molecule has 0 unspecified atom stereocenters. The van der Waals surface area contributed by atoms with Crippen molar-refractivity contribution in [3.8, 4) is 0 Å². The predicted octanol–water partition coefficient (Wildman–Crippen LogP) is 5.53. The quantitative estimate of drug-likeness (QED) is 0.694. The van der Waals surface area contributed by atoms with Crippen LogP contribution in [0.15, 0.2) is 22.6 Å². The number of Topliss-reactive ketones (excluding diaryl/α,β-unsaturated/α-hetero) is 1. The molecule has 0 spiro atoms. The van der Waals surface area contributed by atoms with E-state index in [1.165, 1.54) is 31.4 Å². The lowest BCUT2D eigenvalue weighted by molar-refractivity contribution is -0.0365. The summed E-state index contributed by atoms with van der Waals surface area (Å²) in [5.74, 6) is 2.63. The van der Waals surface area contributed by atoms with Crippen molar-refractivity contribution in [2.75, 3.05) is 0 Å². The number of carbonyl (C=O) groups is 1. The third kappa shape index (κ3) is 1.96. The van der Waals surface area contributed by atoms with Gasteiger partial charge in [0.25, 0.3) is 0 Å². The van der Waals surface area contributed by atoms with Crippen LogP contribution >= 0.6 is 0 Å². The van der Waals surface area contributed by atoms with Gasteiger partial charge in [0, 0.05) is 16.4 Å². The number of rotatable bonds is 3. The Hall–Kier alpha value is -1.64. The minimum absolute atomic E-state index is 0.203. The summed E-state index contributed by atoms with van der Waals surface area (Å²) >= 11 is 0. The van der Waals surface area contributed by atoms with Crippen molar-refractivity contribution in [2.24, 2.45) is 23.2 Å². The van der Waals surface area contributed by atoms with Crippen LogP contribution in [0.1, 0.15) is 61.6 Å². The zero-order valence-electron chi connectivity index (χ0n) is 14.1. The zero-order valence-corrected chi connectivity index (χ0v) is 14.1. The third-order valence-electron chi connectivity index (χ3n) is 6.83. The molecule has 6 rings (SSSR count). The summed E-state index contributed by atoms with van der Waals surface area (Å²) in [6, 6.07) is 4.57. The number of hydrogen-bond donors (Lipinski definition) is 0. The first kappa shape index (κ1) is 14.7. The molecule has 3 heteroatoms. The minimum Gasteiger partial charge on any atom is -0.453 e. The second-order valence-corrected chi connectivity index (χ2v) is 8.43. The van der Waals surface area contributed by atoms with Crippen LogP contribution in [0, 0.1) is 29.0 Å². The topological polar surface area (TPSA) is 30.2 Å². The molecular weight excluding hydrogens is 303 g/mol. The maximum Gasteiger partial charge on any atom is 0.204 e. The first-order valence-electron chi connectivity index (χ1n) is 9.33. The highest BCUT2D eigenvalue weighted by atomic mass is 19.1. The van der Waals surface area contributed by atoms with Crippen LogP contribution in [0.4, 0.5) is 4.39 Å². The van der Waals surface area contributed by atoms with E-state index in [0.717, 1.165) is 48.0 Å². The molecule has 1 heterocycles. The molecule has 126 valence electrons. The van der Waals surface area contributed by atoms with Crippen molar-refractivity contribution in [3.05, 3.63) is 35.3 Å². The van der Waals surface area contributed by atoms with Gasteiger partial charge in [-0.25, -0.2) is 4.39 Å². The molecule has 4 saturated carbocycles. The summed E-state index contributed by atoms with van der Waals surface area (Å²) in [5, 5.41) is 0.769. The van der Waals surface area contributed by atoms with Crippen molar-refractivity contribution in [2.45, 2.75) is 51.9 Å². The van der Waals surface area contributed by atoms with Crippen molar-refractivity contribution < 1.29 is 13.6 Å². The lowest BCUT2D eigenvalue weighted by Crippen LogP contribution is -2.50. The van der Waals surface area contributed by atoms with Gasteiger partial charge in [-0.3, -0.25) is 4.79 Å². The molecule has 0 amide bonds. The van der Waals surface area contributed by atoms with E-state index in [9.17, 15) is 9.18 Å². The molecule has 4 aliphatic carbocycles. The average molecular weight is 326 g/mol. The van der Waals surface area contributed by atoms with Crippen molar-refractivity contribution in [3.63, 3.8) is 0 Å². The lowest BCUT2D eigenvalue weighted by Gasteiger charge is -2.55. The maximum absolute atomic E-state index is 13.7. The van der Waals surface area contributed by atoms with Gasteiger partial charge in [0.2, 0.25) is 5.78 Å². The van der Waals surface area contributed by atoms with Gasteiger partial charge in [-0.05, 0) is 80.9 Å². The van der Waals surface area contributed by atoms with E-state index in [-0.39, 0.29) is 17.0 Å². The highest BCUT2D eigenvalue weighted by Gasteiger charge is 2.55. The highest BCUT2D eigenvalue weighted by Crippen LogP contribution is 2.61. The fraction of sp³-hybridized carbons (Fsp3) is 0.571. The smallest absolute Gasteiger partial charge is 0.204 e. The van der Waals surface area contributed by atoms with Gasteiger partial charge in [-0.15, -0.1) is 0 Å². The third-order valence-corrected chi connectivity index (χ3v) is 6.83. The Morgan fingerprint density at radius 2 is 1.79 bits per heavy atom. The Morgan fingerprint density at radius 1 is 1.17 bits per heavy atom. The van der Waals surface area contributed by atoms with Crippen molar-refractivity contribution in [1.82, 2.24) is 0 Å². The predicted molar refractivity (Wildman–Crippen MR) is 90.5 cm³/mol. The molecule has 24 heavy (non-hydrogen) atoms. The Morgan fingerprint density at radius 3 is 2.38 bits per heavy atom. The van der Waals surface area contributed by atoms with Gasteiger partial charge in [0.15, 0.2) is 5.76 Å². The van der Waals surface area contributed by atoms with Crippen LogP contribution < -0.4 is 0 Å². The Bertz CT molecular complexity index is 796. The van der Waals surface area contributed by atoms with Crippen LogP contribution in [0.3, 0.4) is 0 Å². The van der Waals surface area contributed by atoms with Crippen LogP contribution in [0.2, 0.25) is 0 Å². The molecular formula is C21H23FO2. The molecule has 0 radical (unpaired) electrons. The summed E-state index contributed by atoms with van der Waals surface area (Å²) < 4.78 is 19.6. The molecule has 0 aliphatic heterocycles. The number of halogens is 1. The number of fused-ring (bicyclic) bond motifs is 1. The Balaban J connectivity index is 1.61. The van der Waals surface area contributed by atoms with E-state index >= 15 is 0 Å². The first-order chi connectivity index (χ1) is 11.6. The van der Waals surface area contributed by atoms with Crippen LogP contribution in [0.25, 0.3) is 11.0 Å². The van der Waals surface area contributed by atoms with Gasteiger partial charge in [0.1, 0.15) is 11.4 Å². The summed E-state index contributed by atoms with van der Waals surface area (Å²) in [4.78, 5) is 13.5. The van der Waals surface area contributed by atoms with E-state index in [1.807, 2.05) is 6.92 Å². The fourth-order valence-electron chi connectivity index (χ4n) is 6.28. The van der Waals surface area contributed by atoms with E-state index < -0.39 is 0 Å². The van der Waals surface area contributed by atoms with Crippen LogP contribution in [0.5, 0.6) is 0 Å². The number of furan rings is 1. The fourth-order valence-corrected chi connectivity index (χ4v) is 6.28. The summed E-state index contributed by atoms with van der Waals surface area (Å²) in [7, 11) is 0. The van der Waals surface area contributed by atoms with E-state index in [0.29, 0.717) is 17.8 Å². The number of aryl methyl sites for hydroxylation is 1. The molecule has 4 fully saturated rings. The maximum atomic E-state index is 13.7. The number of carbonyl (C=O) groups excluding carboxylic acids is 1. The Kier molecular flexibility index (Phi) is 3.02. The molecule has 2 nitrogen and oxygen atoms in total. The van der Waals surface area contributed by atoms with E-state index in [4.69, 9.17) is 4.42 Å². The molecule has 0 saturated heterocycles. The zero-order chi connectivity index (χ0) is 16.5. The Labute approximate surface area is 141 Å². The second kappa shape index (κ2) is 4.93. The van der Waals surface area contributed by atoms with Crippen LogP contribution in [-0.4, -0.2) is 5.78 Å². The molecule has 2 aromatic rings. The minimum atomic E-state index is -0.271. The second-order valence-electron chi connectivity index (χ2n) is 8.43. The first-order valence-corrected chi connectivity index (χ1v) is 9.33. The van der Waals surface area contributed by atoms with Gasteiger partial charge in [-0.1, -0.05) is 6.92 Å². The molecule has 0 N–H and O–H groups in total. The summed E-state index contributed by atoms with van der Waals surface area (Å²) in [6.07, 6.45) is 7.75. The number of benzene rings is 1. The largest absolute Gasteiger partial charge is 0.453 e. The van der Waals surface area contributed by atoms with Crippen molar-refractivity contribution in [1.29, 1.82) is 0 Å². The van der Waals surface area contributed by atoms with Gasteiger partial charge in [0.05, 0.1) is 0 Å².